The molecule has 0 aliphatic rings. The van der Waals surface area contributed by atoms with Crippen LogP contribution in [0.15, 0.2) is 53.7 Å². The van der Waals surface area contributed by atoms with Crippen molar-refractivity contribution in [2.24, 2.45) is 0 Å². The molecule has 2 rings (SSSR count). The van der Waals surface area contributed by atoms with Crippen molar-refractivity contribution >= 4 is 29.1 Å². The Kier molecular flexibility index (Phi) is 5.16. The van der Waals surface area contributed by atoms with Crippen molar-refractivity contribution in [2.45, 2.75) is 24.1 Å². The molecule has 0 aliphatic heterocycles. The van der Waals surface area contributed by atoms with Crippen molar-refractivity contribution in [3.63, 3.8) is 0 Å². The van der Waals surface area contributed by atoms with E-state index in [0.717, 1.165) is 4.73 Å². The maximum atomic E-state index is 12.2. The lowest BCUT2D eigenvalue weighted by Gasteiger charge is -2.12. The number of nitrogens with zero attached hydrogens (tertiary/aromatic N) is 1. The van der Waals surface area contributed by atoms with E-state index >= 15 is 0 Å². The number of pyridine rings is 1. The van der Waals surface area contributed by atoms with Crippen molar-refractivity contribution < 1.29 is 14.3 Å². The number of hydrogen-bond acceptors (Lipinski definition) is 4. The van der Waals surface area contributed by atoms with Crippen LogP contribution in [-0.4, -0.2) is 16.9 Å². The molecule has 0 spiro atoms. The fourth-order valence-electron chi connectivity index (χ4n) is 1.80. The lowest BCUT2D eigenvalue weighted by Crippen LogP contribution is -2.30. The Morgan fingerprint density at radius 2 is 2.00 bits per heavy atom. The summed E-state index contributed by atoms with van der Waals surface area (Å²) in [7, 11) is 0. The van der Waals surface area contributed by atoms with Crippen LogP contribution >= 0.6 is 11.8 Å². The van der Waals surface area contributed by atoms with E-state index in [-0.39, 0.29) is 11.7 Å². The van der Waals surface area contributed by atoms with Gasteiger partial charge in [-0.25, -0.2) is 0 Å². The molecule has 22 heavy (non-hydrogen) atoms. The fraction of sp³-hybridized carbons (Fsp3) is 0.188. The Morgan fingerprint density at radius 3 is 2.68 bits per heavy atom. The van der Waals surface area contributed by atoms with Gasteiger partial charge >= 0.3 is 0 Å². The molecular weight excluding hydrogens is 300 g/mol. The molecule has 2 aromatic rings. The van der Waals surface area contributed by atoms with Crippen molar-refractivity contribution in [2.75, 3.05) is 5.32 Å². The Hall–Kier alpha value is -2.34. The minimum Gasteiger partial charge on any atom is -0.618 e. The third-order valence-electron chi connectivity index (χ3n) is 2.99. The summed E-state index contributed by atoms with van der Waals surface area (Å²) < 4.78 is 0.727. The Labute approximate surface area is 132 Å². The molecule has 0 unspecified atom stereocenters. The molecule has 0 saturated heterocycles. The number of rotatable bonds is 5. The van der Waals surface area contributed by atoms with Crippen LogP contribution < -0.4 is 10.0 Å². The van der Waals surface area contributed by atoms with Crippen molar-refractivity contribution in [3.05, 3.63) is 59.4 Å². The largest absolute Gasteiger partial charge is 0.618 e. The number of aromatic nitrogens is 1. The number of hydrogen-bond donors (Lipinski definition) is 1. The lowest BCUT2D eigenvalue weighted by atomic mass is 10.1. The summed E-state index contributed by atoms with van der Waals surface area (Å²) in [6, 6.07) is 11.8. The van der Waals surface area contributed by atoms with Gasteiger partial charge in [0.2, 0.25) is 5.91 Å². The van der Waals surface area contributed by atoms with Gasteiger partial charge in [0.25, 0.3) is 5.03 Å². The number of Topliss-reactive ketones (excluding diaryl/α,β-unsaturated/α-hetero) is 1. The van der Waals surface area contributed by atoms with Gasteiger partial charge in [0.15, 0.2) is 12.0 Å². The van der Waals surface area contributed by atoms with Gasteiger partial charge in [-0.05, 0) is 43.8 Å². The standard InChI is InChI=1S/C16H16N2O3S/c1-11(19)13-6-5-7-14(10-13)17-16(20)12(2)22-15-8-3-4-9-18(15)21/h3-10,12H,1-2H3,(H,17,20)/t12-/m0/s1. The second kappa shape index (κ2) is 7.09. The smallest absolute Gasteiger partial charge is 0.252 e. The van der Waals surface area contributed by atoms with Crippen LogP contribution in [0.25, 0.3) is 0 Å². The highest BCUT2D eigenvalue weighted by Gasteiger charge is 2.18. The van der Waals surface area contributed by atoms with E-state index in [1.54, 1.807) is 49.4 Å². The van der Waals surface area contributed by atoms with E-state index < -0.39 is 5.25 Å². The van der Waals surface area contributed by atoms with Crippen LogP contribution in [0.2, 0.25) is 0 Å². The van der Waals surface area contributed by atoms with Gasteiger partial charge in [-0.15, -0.1) is 0 Å². The summed E-state index contributed by atoms with van der Waals surface area (Å²) in [6.45, 7) is 3.20. The minimum atomic E-state index is -0.441. The van der Waals surface area contributed by atoms with Gasteiger partial charge in [0.05, 0.1) is 5.25 Å². The third-order valence-corrected chi connectivity index (χ3v) is 4.12. The molecule has 1 amide bonds. The predicted molar refractivity (Wildman–Crippen MR) is 85.8 cm³/mol. The zero-order valence-electron chi connectivity index (χ0n) is 12.3. The number of carbonyl (C=O) groups excluding carboxylic acids is 2. The molecule has 1 heterocycles. The minimum absolute atomic E-state index is 0.0600. The molecule has 1 aromatic carbocycles. The summed E-state index contributed by atoms with van der Waals surface area (Å²) in [4.78, 5) is 23.5. The monoisotopic (exact) mass is 316 g/mol. The topological polar surface area (TPSA) is 73.1 Å². The summed E-state index contributed by atoms with van der Waals surface area (Å²) in [5.74, 6) is -0.287. The molecular formula is C16H16N2O3S. The van der Waals surface area contributed by atoms with E-state index in [4.69, 9.17) is 0 Å². The van der Waals surface area contributed by atoms with E-state index in [1.165, 1.54) is 24.9 Å². The van der Waals surface area contributed by atoms with Crippen LogP contribution in [0.5, 0.6) is 0 Å². The highest BCUT2D eigenvalue weighted by atomic mass is 32.2. The zero-order chi connectivity index (χ0) is 16.1. The first-order valence-corrected chi connectivity index (χ1v) is 7.62. The van der Waals surface area contributed by atoms with Crippen LogP contribution in [0.4, 0.5) is 5.69 Å². The molecule has 0 radical (unpaired) electrons. The molecule has 1 aromatic heterocycles. The SMILES string of the molecule is CC(=O)c1cccc(NC(=O)[C@H](C)Sc2cccc[n+]2[O-])c1. The first kappa shape index (κ1) is 16.0. The molecule has 1 atom stereocenters. The molecule has 0 saturated carbocycles. The molecule has 0 bridgehead atoms. The number of anilines is 1. The van der Waals surface area contributed by atoms with Crippen LogP contribution in [0.3, 0.4) is 0 Å². The van der Waals surface area contributed by atoms with Gasteiger partial charge in [-0.3, -0.25) is 9.59 Å². The van der Waals surface area contributed by atoms with Crippen molar-refractivity contribution in [1.82, 2.24) is 0 Å². The summed E-state index contributed by atoms with van der Waals surface area (Å²) in [5, 5.41) is 14.4. The number of amides is 1. The highest BCUT2D eigenvalue weighted by molar-refractivity contribution is 8.00. The number of ketones is 1. The number of carbonyl (C=O) groups is 2. The Morgan fingerprint density at radius 1 is 1.23 bits per heavy atom. The quantitative estimate of drug-likeness (QED) is 0.398. The van der Waals surface area contributed by atoms with Gasteiger partial charge in [0, 0.05) is 23.4 Å². The lowest BCUT2D eigenvalue weighted by molar-refractivity contribution is -0.645. The summed E-state index contributed by atoms with van der Waals surface area (Å²) in [6.07, 6.45) is 1.39. The molecule has 0 aliphatic carbocycles. The number of benzene rings is 1. The van der Waals surface area contributed by atoms with Crippen LogP contribution in [0.1, 0.15) is 24.2 Å². The van der Waals surface area contributed by atoms with Gasteiger partial charge in [0.1, 0.15) is 0 Å². The van der Waals surface area contributed by atoms with E-state index in [0.29, 0.717) is 16.3 Å². The number of nitrogens with one attached hydrogen (secondary N) is 1. The predicted octanol–water partition coefficient (Wildman–Crippen LogP) is 2.64. The van der Waals surface area contributed by atoms with Crippen molar-refractivity contribution in [1.29, 1.82) is 0 Å². The number of thioether (sulfide) groups is 1. The average molecular weight is 316 g/mol. The Bertz CT molecular complexity index is 703. The first-order valence-electron chi connectivity index (χ1n) is 6.74. The second-order valence-electron chi connectivity index (χ2n) is 4.75. The summed E-state index contributed by atoms with van der Waals surface area (Å²) in [5.41, 5.74) is 1.10. The van der Waals surface area contributed by atoms with Crippen LogP contribution in [0, 0.1) is 5.21 Å². The molecule has 0 fully saturated rings. The second-order valence-corrected chi connectivity index (χ2v) is 6.11. The molecule has 6 heteroatoms. The maximum absolute atomic E-state index is 12.2. The van der Waals surface area contributed by atoms with E-state index in [1.807, 2.05) is 0 Å². The molecule has 1 N–H and O–H groups in total. The van der Waals surface area contributed by atoms with Crippen LogP contribution in [-0.2, 0) is 4.79 Å². The fourth-order valence-corrected chi connectivity index (χ4v) is 2.65. The highest BCUT2D eigenvalue weighted by Crippen LogP contribution is 2.21. The van der Waals surface area contributed by atoms with Gasteiger partial charge < -0.3 is 10.5 Å². The third kappa shape index (κ3) is 4.08. The van der Waals surface area contributed by atoms with E-state index in [2.05, 4.69) is 5.32 Å². The summed E-state index contributed by atoms with van der Waals surface area (Å²) >= 11 is 1.18. The average Bonchev–Trinajstić information content (AvgIpc) is 2.49. The van der Waals surface area contributed by atoms with Gasteiger partial charge in [-0.2, -0.15) is 4.73 Å². The van der Waals surface area contributed by atoms with Gasteiger partial charge in [-0.1, -0.05) is 12.1 Å². The first-order chi connectivity index (χ1) is 10.5. The van der Waals surface area contributed by atoms with E-state index in [9.17, 15) is 14.8 Å². The normalized spacial score (nSPS) is 11.7. The maximum Gasteiger partial charge on any atom is 0.252 e. The molecule has 114 valence electrons. The zero-order valence-corrected chi connectivity index (χ0v) is 13.1. The van der Waals surface area contributed by atoms with Crippen molar-refractivity contribution in [3.8, 4) is 0 Å². The molecule has 5 nitrogen and oxygen atoms in total. The Balaban J connectivity index is 2.04.